The van der Waals surface area contributed by atoms with E-state index in [1.54, 1.807) is 10.9 Å². The van der Waals surface area contributed by atoms with Gasteiger partial charge in [0.15, 0.2) is 0 Å². The van der Waals surface area contributed by atoms with E-state index in [2.05, 4.69) is 10.4 Å². The van der Waals surface area contributed by atoms with Crippen LogP contribution >= 0.6 is 11.6 Å². The van der Waals surface area contributed by atoms with E-state index in [9.17, 15) is 14.7 Å². The third-order valence-electron chi connectivity index (χ3n) is 4.10. The Bertz CT molecular complexity index is 561. The molecule has 0 aromatic carbocycles. The standard InChI is InChI=1S/C13H16ClN3O4/c14-7-5-16-17(6-7)4-3-15-12(18)10-8-1-2-9(21-8)11(10)13(19)20/h5-6,8-11H,1-4H2,(H,15,18)(H,19,20)/t8-,9-,10+,11-/m0/s1. The monoisotopic (exact) mass is 313 g/mol. The highest BCUT2D eigenvalue weighted by atomic mass is 35.5. The number of hydrogen-bond donors (Lipinski definition) is 2. The SMILES string of the molecule is O=C(O)[C@@H]1[C@H](C(=O)NCCn2cc(Cl)cn2)[C@@H]2CC[C@@H]1O2. The van der Waals surface area contributed by atoms with E-state index in [1.807, 2.05) is 0 Å². The summed E-state index contributed by atoms with van der Waals surface area (Å²) in [6, 6.07) is 0. The number of aliphatic carboxylic acids is 1. The molecule has 0 saturated carbocycles. The molecule has 1 aromatic rings. The number of amides is 1. The van der Waals surface area contributed by atoms with Crippen LogP contribution in [-0.4, -0.2) is 45.5 Å². The normalized spacial score (nSPS) is 30.5. The van der Waals surface area contributed by atoms with Crippen LogP contribution in [0.15, 0.2) is 12.4 Å². The first kappa shape index (κ1) is 14.3. The lowest BCUT2D eigenvalue weighted by Crippen LogP contribution is -2.44. The number of halogens is 1. The molecule has 8 heteroatoms. The van der Waals surface area contributed by atoms with Gasteiger partial charge in [0.25, 0.3) is 0 Å². The van der Waals surface area contributed by atoms with Crippen LogP contribution in [0.4, 0.5) is 0 Å². The molecule has 2 bridgehead atoms. The Morgan fingerprint density at radius 3 is 2.76 bits per heavy atom. The van der Waals surface area contributed by atoms with Crippen molar-refractivity contribution in [2.45, 2.75) is 31.6 Å². The molecule has 1 amide bonds. The number of aromatic nitrogens is 2. The van der Waals surface area contributed by atoms with Gasteiger partial charge in [-0.1, -0.05) is 11.6 Å². The van der Waals surface area contributed by atoms with Crippen LogP contribution in [0.25, 0.3) is 0 Å². The number of carboxylic acid groups (broad SMARTS) is 1. The maximum Gasteiger partial charge on any atom is 0.310 e. The molecule has 2 fully saturated rings. The summed E-state index contributed by atoms with van der Waals surface area (Å²) in [5, 5.41) is 16.6. The average molecular weight is 314 g/mol. The summed E-state index contributed by atoms with van der Waals surface area (Å²) in [4.78, 5) is 23.6. The molecule has 114 valence electrons. The highest BCUT2D eigenvalue weighted by Crippen LogP contribution is 2.43. The van der Waals surface area contributed by atoms with E-state index < -0.39 is 17.8 Å². The van der Waals surface area contributed by atoms with Gasteiger partial charge < -0.3 is 15.2 Å². The molecule has 4 atom stereocenters. The van der Waals surface area contributed by atoms with Gasteiger partial charge >= 0.3 is 5.97 Å². The third kappa shape index (κ3) is 2.75. The number of nitrogens with one attached hydrogen (secondary N) is 1. The molecule has 2 aliphatic heterocycles. The zero-order valence-electron chi connectivity index (χ0n) is 11.2. The quantitative estimate of drug-likeness (QED) is 0.827. The van der Waals surface area contributed by atoms with Crippen LogP contribution in [0, 0.1) is 11.8 Å². The van der Waals surface area contributed by atoms with E-state index in [0.29, 0.717) is 18.1 Å². The van der Waals surface area contributed by atoms with Crippen molar-refractivity contribution in [2.75, 3.05) is 6.54 Å². The van der Waals surface area contributed by atoms with Crippen molar-refractivity contribution in [3.63, 3.8) is 0 Å². The van der Waals surface area contributed by atoms with Gasteiger partial charge in [-0.15, -0.1) is 0 Å². The van der Waals surface area contributed by atoms with Crippen LogP contribution in [0.5, 0.6) is 0 Å². The van der Waals surface area contributed by atoms with Gasteiger partial charge in [-0.05, 0) is 12.8 Å². The number of hydrogen-bond acceptors (Lipinski definition) is 4. The molecule has 21 heavy (non-hydrogen) atoms. The Balaban J connectivity index is 1.56. The van der Waals surface area contributed by atoms with Crippen molar-refractivity contribution in [1.82, 2.24) is 15.1 Å². The second-order valence-electron chi connectivity index (χ2n) is 5.39. The summed E-state index contributed by atoms with van der Waals surface area (Å²) in [7, 11) is 0. The van der Waals surface area contributed by atoms with Crippen molar-refractivity contribution in [1.29, 1.82) is 0 Å². The predicted molar refractivity (Wildman–Crippen MR) is 72.8 cm³/mol. The minimum Gasteiger partial charge on any atom is -0.481 e. The average Bonchev–Trinajstić information content (AvgIpc) is 3.13. The topological polar surface area (TPSA) is 93.4 Å². The number of ether oxygens (including phenoxy) is 1. The van der Waals surface area contributed by atoms with Crippen molar-refractivity contribution < 1.29 is 19.4 Å². The number of carbonyl (C=O) groups is 2. The number of nitrogens with zero attached hydrogens (tertiary/aromatic N) is 2. The summed E-state index contributed by atoms with van der Waals surface area (Å²) < 4.78 is 7.19. The molecule has 0 unspecified atom stereocenters. The first-order valence-electron chi connectivity index (χ1n) is 6.90. The van der Waals surface area contributed by atoms with Crippen LogP contribution < -0.4 is 5.32 Å². The number of fused-ring (bicyclic) bond motifs is 2. The molecule has 0 aliphatic carbocycles. The number of carboxylic acids is 1. The smallest absolute Gasteiger partial charge is 0.310 e. The van der Waals surface area contributed by atoms with Crippen molar-refractivity contribution in [3.8, 4) is 0 Å². The van der Waals surface area contributed by atoms with Gasteiger partial charge in [0.1, 0.15) is 0 Å². The van der Waals surface area contributed by atoms with E-state index in [0.717, 1.165) is 12.8 Å². The van der Waals surface area contributed by atoms with E-state index in [4.69, 9.17) is 16.3 Å². The fourth-order valence-electron chi connectivity index (χ4n) is 3.20. The van der Waals surface area contributed by atoms with Crippen LogP contribution in [-0.2, 0) is 20.9 Å². The van der Waals surface area contributed by atoms with Gasteiger partial charge in [0, 0.05) is 12.7 Å². The van der Waals surface area contributed by atoms with E-state index >= 15 is 0 Å². The predicted octanol–water partition coefficient (Wildman–Crippen LogP) is 0.531. The fourth-order valence-corrected chi connectivity index (χ4v) is 3.35. The van der Waals surface area contributed by atoms with Crippen LogP contribution in [0.3, 0.4) is 0 Å². The van der Waals surface area contributed by atoms with E-state index in [1.165, 1.54) is 6.20 Å². The molecule has 2 saturated heterocycles. The molecular weight excluding hydrogens is 298 g/mol. The lowest BCUT2D eigenvalue weighted by Gasteiger charge is -2.23. The lowest BCUT2D eigenvalue weighted by atomic mass is 9.79. The Labute approximate surface area is 126 Å². The van der Waals surface area contributed by atoms with Crippen molar-refractivity contribution in [2.24, 2.45) is 11.8 Å². The second kappa shape index (κ2) is 5.65. The largest absolute Gasteiger partial charge is 0.481 e. The molecular formula is C13H16ClN3O4. The van der Waals surface area contributed by atoms with Crippen molar-refractivity contribution in [3.05, 3.63) is 17.4 Å². The molecule has 1 aromatic heterocycles. The molecule has 3 heterocycles. The van der Waals surface area contributed by atoms with Crippen LogP contribution in [0.2, 0.25) is 5.02 Å². The highest BCUT2D eigenvalue weighted by molar-refractivity contribution is 6.30. The summed E-state index contributed by atoms with van der Waals surface area (Å²) in [5.74, 6) is -2.54. The molecule has 0 spiro atoms. The van der Waals surface area contributed by atoms with E-state index in [-0.39, 0.29) is 18.1 Å². The minimum atomic E-state index is -0.957. The molecule has 3 rings (SSSR count). The molecule has 2 aliphatic rings. The third-order valence-corrected chi connectivity index (χ3v) is 4.30. The maximum atomic E-state index is 12.2. The zero-order valence-corrected chi connectivity index (χ0v) is 12.0. The van der Waals surface area contributed by atoms with Gasteiger partial charge in [0.05, 0.1) is 41.8 Å². The summed E-state index contributed by atoms with van der Waals surface area (Å²) in [6.45, 7) is 0.856. The zero-order chi connectivity index (χ0) is 15.0. The van der Waals surface area contributed by atoms with Gasteiger partial charge in [0.2, 0.25) is 5.91 Å². The summed E-state index contributed by atoms with van der Waals surface area (Å²) in [5.41, 5.74) is 0. The molecule has 7 nitrogen and oxygen atoms in total. The number of rotatable bonds is 5. The minimum absolute atomic E-state index is 0.257. The Morgan fingerprint density at radius 2 is 2.14 bits per heavy atom. The summed E-state index contributed by atoms with van der Waals surface area (Å²) in [6.07, 6.45) is 4.06. The fraction of sp³-hybridized carbons (Fsp3) is 0.615. The first-order chi connectivity index (χ1) is 10.1. The molecule has 0 radical (unpaired) electrons. The highest BCUT2D eigenvalue weighted by Gasteiger charge is 2.55. The van der Waals surface area contributed by atoms with Crippen LogP contribution in [0.1, 0.15) is 12.8 Å². The lowest BCUT2D eigenvalue weighted by molar-refractivity contribution is -0.147. The van der Waals surface area contributed by atoms with Gasteiger partial charge in [-0.3, -0.25) is 14.3 Å². The maximum absolute atomic E-state index is 12.2. The van der Waals surface area contributed by atoms with Gasteiger partial charge in [-0.25, -0.2) is 0 Å². The summed E-state index contributed by atoms with van der Waals surface area (Å²) >= 11 is 5.75. The van der Waals surface area contributed by atoms with Gasteiger partial charge in [-0.2, -0.15) is 5.10 Å². The Kier molecular flexibility index (Phi) is 3.86. The molecule has 2 N–H and O–H groups in total. The van der Waals surface area contributed by atoms with Crippen molar-refractivity contribution >= 4 is 23.5 Å². The number of carbonyl (C=O) groups excluding carboxylic acids is 1. The first-order valence-corrected chi connectivity index (χ1v) is 7.28. The Hall–Kier alpha value is -1.60. The Morgan fingerprint density at radius 1 is 1.43 bits per heavy atom. The second-order valence-corrected chi connectivity index (χ2v) is 5.83.